The molecule has 0 aliphatic carbocycles. The van der Waals surface area contributed by atoms with Gasteiger partial charge in [0.1, 0.15) is 5.82 Å². The summed E-state index contributed by atoms with van der Waals surface area (Å²) in [7, 11) is -3.66. The fourth-order valence-electron chi connectivity index (χ4n) is 3.61. The Morgan fingerprint density at radius 3 is 2.59 bits per heavy atom. The van der Waals surface area contributed by atoms with Gasteiger partial charge < -0.3 is 10.4 Å². The molecule has 7 nitrogen and oxygen atoms in total. The van der Waals surface area contributed by atoms with Crippen LogP contribution in [0.25, 0.3) is 10.9 Å². The maximum absolute atomic E-state index is 14.4. The van der Waals surface area contributed by atoms with Crippen molar-refractivity contribution in [2.75, 3.05) is 11.6 Å². The molecule has 2 N–H and O–H groups in total. The third-order valence-corrected chi connectivity index (χ3v) is 6.76. The number of aliphatic hydroxyl groups is 1. The normalized spacial score (nSPS) is 11.6. The minimum absolute atomic E-state index is 0.000365. The van der Waals surface area contributed by atoms with E-state index in [0.29, 0.717) is 32.6 Å². The van der Waals surface area contributed by atoms with Crippen LogP contribution in [-0.2, 0) is 34.2 Å². The van der Waals surface area contributed by atoms with Gasteiger partial charge >= 0.3 is 0 Å². The topological polar surface area (TPSA) is 101 Å². The van der Waals surface area contributed by atoms with Crippen LogP contribution in [0, 0.1) is 5.82 Å². The molecule has 176 valence electrons. The zero-order valence-corrected chi connectivity index (χ0v) is 19.7. The molecular weight excluding hydrogens is 481 g/mol. The molecule has 3 aromatic carbocycles. The number of hydrogen-bond donors (Lipinski definition) is 2. The average Bonchev–Trinajstić information content (AvgIpc) is 3.17. The molecule has 10 heteroatoms. The Balaban J connectivity index is 1.66. The number of sulfone groups is 1. The molecule has 34 heavy (non-hydrogen) atoms. The average molecular weight is 502 g/mol. The predicted octanol–water partition coefficient (Wildman–Crippen LogP) is 3.95. The van der Waals surface area contributed by atoms with Crippen LogP contribution in [-0.4, -0.2) is 35.5 Å². The first-order chi connectivity index (χ1) is 16.1. The van der Waals surface area contributed by atoms with E-state index in [1.165, 1.54) is 23.0 Å². The number of halogens is 2. The molecule has 0 saturated carbocycles. The van der Waals surface area contributed by atoms with Gasteiger partial charge in [0.25, 0.3) is 0 Å². The van der Waals surface area contributed by atoms with Crippen LogP contribution < -0.4 is 5.32 Å². The summed E-state index contributed by atoms with van der Waals surface area (Å²) in [6.45, 7) is -0.213. The zero-order chi connectivity index (χ0) is 24.5. The van der Waals surface area contributed by atoms with E-state index in [2.05, 4.69) is 10.4 Å². The highest BCUT2D eigenvalue weighted by molar-refractivity contribution is 7.91. The van der Waals surface area contributed by atoms with Crippen LogP contribution in [0.4, 0.5) is 10.1 Å². The van der Waals surface area contributed by atoms with Gasteiger partial charge in [0.15, 0.2) is 9.84 Å². The van der Waals surface area contributed by atoms with Crippen LogP contribution in [0.1, 0.15) is 16.7 Å². The van der Waals surface area contributed by atoms with Crippen LogP contribution in [0.2, 0.25) is 5.02 Å². The number of anilines is 1. The second-order valence-corrected chi connectivity index (χ2v) is 10.3. The Morgan fingerprint density at radius 2 is 1.91 bits per heavy atom. The second-order valence-electron chi connectivity index (χ2n) is 7.91. The molecule has 1 amide bonds. The first-order valence-electron chi connectivity index (χ1n) is 10.3. The summed E-state index contributed by atoms with van der Waals surface area (Å²) in [4.78, 5) is 12.6. The lowest BCUT2D eigenvalue weighted by Gasteiger charge is -2.09. The Kier molecular flexibility index (Phi) is 6.70. The molecule has 0 aliphatic heterocycles. The number of nitrogens with one attached hydrogen (secondary N) is 1. The minimum Gasteiger partial charge on any atom is -0.392 e. The number of fused-ring (bicyclic) bond motifs is 1. The standard InChI is InChI=1S/C24H21ClFN3O4S/c1-34(32,33)23-11-18(27-24(31)9-16-4-2-3-5-20(16)25)10-22-19(23)13-29(28-22)12-17-7-6-15(14-30)8-21(17)26/h2-8,10-11,13,30H,9,12,14H2,1H3,(H,27,31). The highest BCUT2D eigenvalue weighted by Gasteiger charge is 2.18. The maximum Gasteiger partial charge on any atom is 0.228 e. The fraction of sp³-hybridized carbons (Fsp3) is 0.167. The van der Waals surface area contributed by atoms with E-state index in [1.54, 1.807) is 42.5 Å². The number of nitrogens with zero attached hydrogens (tertiary/aromatic N) is 2. The maximum atomic E-state index is 14.4. The lowest BCUT2D eigenvalue weighted by Crippen LogP contribution is -2.15. The molecule has 4 aromatic rings. The van der Waals surface area contributed by atoms with Gasteiger partial charge in [-0.2, -0.15) is 5.10 Å². The van der Waals surface area contributed by atoms with Crippen molar-refractivity contribution >= 4 is 43.9 Å². The van der Waals surface area contributed by atoms with E-state index in [-0.39, 0.29) is 36.1 Å². The molecule has 0 atom stereocenters. The van der Waals surface area contributed by atoms with Gasteiger partial charge in [-0.1, -0.05) is 41.9 Å². The number of hydrogen-bond acceptors (Lipinski definition) is 5. The lowest BCUT2D eigenvalue weighted by molar-refractivity contribution is -0.115. The number of benzene rings is 3. The molecule has 0 fully saturated rings. The molecule has 1 aromatic heterocycles. The quantitative estimate of drug-likeness (QED) is 0.399. The molecule has 1 heterocycles. The van der Waals surface area contributed by atoms with Gasteiger partial charge in [-0.3, -0.25) is 9.48 Å². The summed E-state index contributed by atoms with van der Waals surface area (Å²) in [5.74, 6) is -0.862. The Hall–Kier alpha value is -3.27. The smallest absolute Gasteiger partial charge is 0.228 e. The van der Waals surface area contributed by atoms with Gasteiger partial charge in [-0.15, -0.1) is 0 Å². The van der Waals surface area contributed by atoms with Crippen LogP contribution >= 0.6 is 11.6 Å². The van der Waals surface area contributed by atoms with Gasteiger partial charge in [-0.05, 0) is 35.4 Å². The van der Waals surface area contributed by atoms with E-state index in [9.17, 15) is 17.6 Å². The summed E-state index contributed by atoms with van der Waals surface area (Å²) in [6, 6.07) is 14.3. The number of carbonyl (C=O) groups excluding carboxylic acids is 1. The van der Waals surface area contributed by atoms with Gasteiger partial charge in [0, 0.05) is 34.1 Å². The van der Waals surface area contributed by atoms with Crippen LogP contribution in [0.3, 0.4) is 0 Å². The highest BCUT2D eigenvalue weighted by atomic mass is 35.5. The fourth-order valence-corrected chi connectivity index (χ4v) is 4.71. The second kappa shape index (κ2) is 9.54. The summed E-state index contributed by atoms with van der Waals surface area (Å²) >= 11 is 6.12. The van der Waals surface area contributed by atoms with Crippen molar-refractivity contribution in [3.8, 4) is 0 Å². The van der Waals surface area contributed by atoms with Gasteiger partial charge in [-0.25, -0.2) is 12.8 Å². The molecule has 0 radical (unpaired) electrons. The third kappa shape index (κ3) is 5.27. The number of carbonyl (C=O) groups is 1. The Bertz CT molecular complexity index is 1500. The number of amides is 1. The van der Waals surface area contributed by atoms with Gasteiger partial charge in [0.05, 0.1) is 30.0 Å². The van der Waals surface area contributed by atoms with E-state index in [1.807, 2.05) is 0 Å². The van der Waals surface area contributed by atoms with Crippen LogP contribution in [0.5, 0.6) is 0 Å². The number of rotatable bonds is 7. The first-order valence-corrected chi connectivity index (χ1v) is 12.5. The molecule has 0 spiro atoms. The summed E-state index contributed by atoms with van der Waals surface area (Å²) in [6.07, 6.45) is 2.62. The first kappa shape index (κ1) is 23.9. The third-order valence-electron chi connectivity index (χ3n) is 5.26. The van der Waals surface area contributed by atoms with Crippen molar-refractivity contribution in [1.29, 1.82) is 0 Å². The Labute approximate surface area is 200 Å². The van der Waals surface area contributed by atoms with Gasteiger partial charge in [0.2, 0.25) is 5.91 Å². The molecule has 0 saturated heterocycles. The van der Waals surface area contributed by atoms with Crippen molar-refractivity contribution in [1.82, 2.24) is 9.78 Å². The summed E-state index contributed by atoms with van der Waals surface area (Å²) in [5.41, 5.74) is 2.03. The van der Waals surface area contributed by atoms with E-state index < -0.39 is 15.7 Å². The van der Waals surface area contributed by atoms with E-state index in [0.717, 1.165) is 6.26 Å². The lowest BCUT2D eigenvalue weighted by atomic mass is 10.1. The Morgan fingerprint density at radius 1 is 1.15 bits per heavy atom. The molecule has 0 aliphatic rings. The summed E-state index contributed by atoms with van der Waals surface area (Å²) in [5, 5.41) is 17.1. The molecule has 0 bridgehead atoms. The van der Waals surface area contributed by atoms with E-state index >= 15 is 0 Å². The largest absolute Gasteiger partial charge is 0.392 e. The molecular formula is C24H21ClFN3O4S. The zero-order valence-electron chi connectivity index (χ0n) is 18.1. The van der Waals surface area contributed by atoms with Crippen molar-refractivity contribution in [3.63, 3.8) is 0 Å². The van der Waals surface area contributed by atoms with Crippen LogP contribution in [0.15, 0.2) is 65.7 Å². The molecule has 4 rings (SSSR count). The monoisotopic (exact) mass is 501 g/mol. The van der Waals surface area contributed by atoms with Crippen molar-refractivity contribution in [2.24, 2.45) is 0 Å². The number of aromatic nitrogens is 2. The number of aliphatic hydroxyl groups excluding tert-OH is 1. The highest BCUT2D eigenvalue weighted by Crippen LogP contribution is 2.28. The van der Waals surface area contributed by atoms with E-state index in [4.69, 9.17) is 16.7 Å². The SMILES string of the molecule is CS(=O)(=O)c1cc(NC(=O)Cc2ccccc2Cl)cc2nn(Cc3ccc(CO)cc3F)cc12. The van der Waals surface area contributed by atoms with Crippen molar-refractivity contribution < 1.29 is 22.7 Å². The molecule has 0 unspecified atom stereocenters. The summed E-state index contributed by atoms with van der Waals surface area (Å²) < 4.78 is 40.7. The predicted molar refractivity (Wildman–Crippen MR) is 128 cm³/mol. The van der Waals surface area contributed by atoms with Crippen molar-refractivity contribution in [3.05, 3.63) is 88.3 Å². The van der Waals surface area contributed by atoms with Crippen molar-refractivity contribution in [2.45, 2.75) is 24.5 Å². The minimum atomic E-state index is -3.66.